The van der Waals surface area contributed by atoms with Crippen molar-refractivity contribution < 1.29 is 14.8 Å². The van der Waals surface area contributed by atoms with E-state index < -0.39 is 16.5 Å². The number of hydrogen-bond donors (Lipinski definition) is 1. The molecule has 1 saturated heterocycles. The van der Waals surface area contributed by atoms with Gasteiger partial charge >= 0.3 is 5.69 Å². The molecule has 0 radical (unpaired) electrons. The van der Waals surface area contributed by atoms with Crippen LogP contribution in [-0.2, 0) is 0 Å². The van der Waals surface area contributed by atoms with E-state index in [0.717, 1.165) is 0 Å². The SMILES string of the molecule is O=C(c1ccnc(Cl)c1[N+](=O)[O-])N1CCC(CO)CC1. The normalized spacial score (nSPS) is 16.2. The summed E-state index contributed by atoms with van der Waals surface area (Å²) in [6.07, 6.45) is 2.66. The van der Waals surface area contributed by atoms with Crippen molar-refractivity contribution in [1.82, 2.24) is 9.88 Å². The molecule has 1 aromatic rings. The molecule has 0 aliphatic carbocycles. The number of aromatic nitrogens is 1. The predicted octanol–water partition coefficient (Wildman–Crippen LogP) is 1.49. The number of nitrogens with zero attached hydrogens (tertiary/aromatic N) is 3. The Morgan fingerprint density at radius 3 is 2.75 bits per heavy atom. The molecule has 20 heavy (non-hydrogen) atoms. The molecule has 1 fully saturated rings. The Morgan fingerprint density at radius 1 is 1.55 bits per heavy atom. The smallest absolute Gasteiger partial charge is 0.319 e. The van der Waals surface area contributed by atoms with Crippen LogP contribution in [0.15, 0.2) is 12.3 Å². The van der Waals surface area contributed by atoms with Gasteiger partial charge in [0.2, 0.25) is 5.15 Å². The number of amides is 1. The molecule has 0 unspecified atom stereocenters. The number of rotatable bonds is 3. The van der Waals surface area contributed by atoms with Crippen molar-refractivity contribution >= 4 is 23.2 Å². The number of nitro groups is 1. The van der Waals surface area contributed by atoms with Crippen LogP contribution in [0.3, 0.4) is 0 Å². The molecule has 0 spiro atoms. The van der Waals surface area contributed by atoms with Crippen molar-refractivity contribution in [3.63, 3.8) is 0 Å². The fourth-order valence-corrected chi connectivity index (χ4v) is 2.49. The van der Waals surface area contributed by atoms with E-state index in [2.05, 4.69) is 4.98 Å². The number of aliphatic hydroxyl groups is 1. The van der Waals surface area contributed by atoms with Crippen molar-refractivity contribution in [2.45, 2.75) is 12.8 Å². The molecule has 0 saturated carbocycles. The summed E-state index contributed by atoms with van der Waals surface area (Å²) < 4.78 is 0. The van der Waals surface area contributed by atoms with Gasteiger partial charge in [0.15, 0.2) is 0 Å². The van der Waals surface area contributed by atoms with E-state index >= 15 is 0 Å². The number of halogens is 1. The number of pyridine rings is 1. The Labute approximate surface area is 120 Å². The topological polar surface area (TPSA) is 96.6 Å². The molecular formula is C12H14ClN3O4. The van der Waals surface area contributed by atoms with E-state index in [1.54, 1.807) is 4.90 Å². The average molecular weight is 300 g/mol. The fraction of sp³-hybridized carbons (Fsp3) is 0.500. The van der Waals surface area contributed by atoms with Crippen molar-refractivity contribution in [3.05, 3.63) is 33.1 Å². The zero-order chi connectivity index (χ0) is 14.7. The third kappa shape index (κ3) is 2.88. The summed E-state index contributed by atoms with van der Waals surface area (Å²) in [5.41, 5.74) is -0.499. The highest BCUT2D eigenvalue weighted by Gasteiger charge is 2.30. The molecule has 8 heteroatoms. The van der Waals surface area contributed by atoms with Crippen molar-refractivity contribution in [3.8, 4) is 0 Å². The number of aliphatic hydroxyl groups excluding tert-OH is 1. The third-order valence-corrected chi connectivity index (χ3v) is 3.73. The summed E-state index contributed by atoms with van der Waals surface area (Å²) in [5.74, 6) is -0.229. The quantitative estimate of drug-likeness (QED) is 0.518. The van der Waals surface area contributed by atoms with Gasteiger partial charge in [-0.05, 0) is 24.8 Å². The minimum atomic E-state index is -0.691. The Morgan fingerprint density at radius 2 is 2.20 bits per heavy atom. The lowest BCUT2D eigenvalue weighted by Gasteiger charge is -2.31. The highest BCUT2D eigenvalue weighted by molar-refractivity contribution is 6.32. The van der Waals surface area contributed by atoms with Gasteiger partial charge in [0, 0.05) is 25.9 Å². The van der Waals surface area contributed by atoms with E-state index in [9.17, 15) is 14.9 Å². The molecule has 2 heterocycles. The second-order valence-corrected chi connectivity index (χ2v) is 5.03. The van der Waals surface area contributed by atoms with Crippen LogP contribution in [0.25, 0.3) is 0 Å². The molecule has 1 aliphatic rings. The molecule has 108 valence electrons. The van der Waals surface area contributed by atoms with Crippen LogP contribution in [0, 0.1) is 16.0 Å². The van der Waals surface area contributed by atoms with Gasteiger partial charge in [0.05, 0.1) is 4.92 Å². The summed E-state index contributed by atoms with van der Waals surface area (Å²) in [7, 11) is 0. The highest BCUT2D eigenvalue weighted by atomic mass is 35.5. The van der Waals surface area contributed by atoms with Gasteiger partial charge in [-0.1, -0.05) is 11.6 Å². The lowest BCUT2D eigenvalue weighted by Crippen LogP contribution is -2.39. The van der Waals surface area contributed by atoms with Crippen LogP contribution in [0.2, 0.25) is 5.15 Å². The second kappa shape index (κ2) is 6.15. The molecule has 2 rings (SSSR count). The van der Waals surface area contributed by atoms with Gasteiger partial charge in [-0.3, -0.25) is 14.9 Å². The van der Waals surface area contributed by atoms with Crippen LogP contribution in [0.5, 0.6) is 0 Å². The molecule has 1 aromatic heterocycles. The Hall–Kier alpha value is -1.73. The molecular weight excluding hydrogens is 286 g/mol. The number of likely N-dealkylation sites (tertiary alicyclic amines) is 1. The first-order valence-electron chi connectivity index (χ1n) is 6.23. The number of hydrogen-bond acceptors (Lipinski definition) is 5. The zero-order valence-corrected chi connectivity index (χ0v) is 11.4. The standard InChI is InChI=1S/C12H14ClN3O4/c13-11-10(16(19)20)9(1-4-14-11)12(18)15-5-2-8(7-17)3-6-15/h1,4,8,17H,2-3,5-7H2. The lowest BCUT2D eigenvalue weighted by molar-refractivity contribution is -0.385. The average Bonchev–Trinajstić information content (AvgIpc) is 2.46. The predicted molar refractivity (Wildman–Crippen MR) is 71.6 cm³/mol. The van der Waals surface area contributed by atoms with E-state index in [1.807, 2.05) is 0 Å². The molecule has 1 N–H and O–H groups in total. The van der Waals surface area contributed by atoms with E-state index in [1.165, 1.54) is 12.3 Å². The van der Waals surface area contributed by atoms with Gasteiger partial charge in [-0.15, -0.1) is 0 Å². The summed E-state index contributed by atoms with van der Waals surface area (Å²) in [5, 5.41) is 19.8. The summed E-state index contributed by atoms with van der Waals surface area (Å²) in [6, 6.07) is 1.31. The van der Waals surface area contributed by atoms with Crippen LogP contribution in [-0.4, -0.2) is 45.5 Å². The Kier molecular flexibility index (Phi) is 4.51. The first kappa shape index (κ1) is 14.7. The Balaban J connectivity index is 2.22. The fourth-order valence-electron chi connectivity index (χ4n) is 2.26. The first-order chi connectivity index (χ1) is 9.54. The monoisotopic (exact) mass is 299 g/mol. The minimum Gasteiger partial charge on any atom is -0.396 e. The van der Waals surface area contributed by atoms with Crippen molar-refractivity contribution in [2.24, 2.45) is 5.92 Å². The van der Waals surface area contributed by atoms with E-state index in [4.69, 9.17) is 16.7 Å². The first-order valence-corrected chi connectivity index (χ1v) is 6.61. The second-order valence-electron chi connectivity index (χ2n) is 4.67. The Bertz CT molecular complexity index is 529. The molecule has 0 bridgehead atoms. The van der Waals surface area contributed by atoms with Crippen LogP contribution in [0.1, 0.15) is 23.2 Å². The summed E-state index contributed by atoms with van der Waals surface area (Å²) in [6.45, 7) is 1.05. The number of carbonyl (C=O) groups is 1. The van der Waals surface area contributed by atoms with Crippen molar-refractivity contribution in [2.75, 3.05) is 19.7 Å². The van der Waals surface area contributed by atoms with Gasteiger partial charge in [-0.25, -0.2) is 4.98 Å². The minimum absolute atomic E-state index is 0.0440. The molecule has 0 atom stereocenters. The maximum atomic E-state index is 12.3. The van der Waals surface area contributed by atoms with Gasteiger partial charge in [-0.2, -0.15) is 0 Å². The largest absolute Gasteiger partial charge is 0.396 e. The van der Waals surface area contributed by atoms with Crippen LogP contribution >= 0.6 is 11.6 Å². The summed E-state index contributed by atoms with van der Waals surface area (Å²) in [4.78, 5) is 27.8. The van der Waals surface area contributed by atoms with Gasteiger partial charge < -0.3 is 10.0 Å². The molecule has 7 nitrogen and oxygen atoms in total. The molecule has 1 aliphatic heterocycles. The number of carbonyl (C=O) groups excluding carboxylic acids is 1. The van der Waals surface area contributed by atoms with Crippen LogP contribution < -0.4 is 0 Å². The third-order valence-electron chi connectivity index (χ3n) is 3.45. The summed E-state index contributed by atoms with van der Waals surface area (Å²) >= 11 is 5.70. The van der Waals surface area contributed by atoms with Gasteiger partial charge in [0.25, 0.3) is 5.91 Å². The maximum Gasteiger partial charge on any atom is 0.319 e. The van der Waals surface area contributed by atoms with Gasteiger partial charge in [0.1, 0.15) is 5.56 Å². The number of piperidine rings is 1. The lowest BCUT2D eigenvalue weighted by atomic mass is 9.97. The van der Waals surface area contributed by atoms with E-state index in [0.29, 0.717) is 25.9 Å². The highest BCUT2D eigenvalue weighted by Crippen LogP contribution is 2.28. The zero-order valence-electron chi connectivity index (χ0n) is 10.7. The molecule has 0 aromatic carbocycles. The van der Waals surface area contributed by atoms with E-state index in [-0.39, 0.29) is 23.2 Å². The molecule has 1 amide bonds. The van der Waals surface area contributed by atoms with Crippen LogP contribution in [0.4, 0.5) is 5.69 Å². The van der Waals surface area contributed by atoms with Crippen molar-refractivity contribution in [1.29, 1.82) is 0 Å². The maximum absolute atomic E-state index is 12.3.